The first kappa shape index (κ1) is 12.0. The molecule has 1 aromatic rings. The zero-order valence-electron chi connectivity index (χ0n) is 8.53. The van der Waals surface area contributed by atoms with Gasteiger partial charge in [0.2, 0.25) is 0 Å². The van der Waals surface area contributed by atoms with E-state index in [2.05, 4.69) is 5.32 Å². The largest absolute Gasteiger partial charge is 0.480 e. The van der Waals surface area contributed by atoms with Gasteiger partial charge in [0.25, 0.3) is 0 Å². The van der Waals surface area contributed by atoms with Crippen molar-refractivity contribution in [3.63, 3.8) is 0 Å². The molecule has 0 fully saturated rings. The highest BCUT2D eigenvalue weighted by Gasteiger charge is 2.13. The molecule has 0 amide bonds. The van der Waals surface area contributed by atoms with Gasteiger partial charge in [-0.1, -0.05) is 30.7 Å². The number of rotatable bonds is 5. The van der Waals surface area contributed by atoms with Crippen LogP contribution < -0.4 is 5.32 Å². The number of carboxylic acid groups (broad SMARTS) is 1. The van der Waals surface area contributed by atoms with E-state index in [9.17, 15) is 4.79 Å². The van der Waals surface area contributed by atoms with Crippen LogP contribution in [-0.4, -0.2) is 17.1 Å². The van der Waals surface area contributed by atoms with Gasteiger partial charge in [-0.25, -0.2) is 0 Å². The molecule has 0 saturated heterocycles. The first-order chi connectivity index (χ1) is 7.13. The van der Waals surface area contributed by atoms with Crippen LogP contribution in [-0.2, 0) is 11.3 Å². The van der Waals surface area contributed by atoms with Crippen molar-refractivity contribution in [2.24, 2.45) is 0 Å². The molecule has 1 unspecified atom stereocenters. The van der Waals surface area contributed by atoms with Gasteiger partial charge < -0.3 is 10.4 Å². The minimum Gasteiger partial charge on any atom is -0.480 e. The van der Waals surface area contributed by atoms with E-state index in [1.54, 1.807) is 12.1 Å². The summed E-state index contributed by atoms with van der Waals surface area (Å²) >= 11 is 5.74. The van der Waals surface area contributed by atoms with E-state index in [1.165, 1.54) is 0 Å². The Morgan fingerprint density at radius 3 is 2.53 bits per heavy atom. The molecule has 2 N–H and O–H groups in total. The molecule has 4 heteroatoms. The molecule has 0 heterocycles. The SMILES string of the molecule is CCC(NCc1ccc(Cl)cc1)C(=O)O. The van der Waals surface area contributed by atoms with Crippen molar-refractivity contribution in [1.29, 1.82) is 0 Å². The molecule has 3 nitrogen and oxygen atoms in total. The maximum atomic E-state index is 10.7. The lowest BCUT2D eigenvalue weighted by Gasteiger charge is -2.11. The van der Waals surface area contributed by atoms with Crippen LogP contribution in [0.4, 0.5) is 0 Å². The van der Waals surface area contributed by atoms with Crippen molar-refractivity contribution >= 4 is 17.6 Å². The Labute approximate surface area is 94.1 Å². The Kier molecular flexibility index (Phi) is 4.59. The van der Waals surface area contributed by atoms with Gasteiger partial charge in [0, 0.05) is 11.6 Å². The molecule has 0 radical (unpaired) electrons. The summed E-state index contributed by atoms with van der Waals surface area (Å²) in [5, 5.41) is 12.5. The third-order valence-corrected chi connectivity index (χ3v) is 2.42. The van der Waals surface area contributed by atoms with Crippen LogP contribution in [0.5, 0.6) is 0 Å². The minimum absolute atomic E-state index is 0.485. The second kappa shape index (κ2) is 5.73. The van der Waals surface area contributed by atoms with Crippen molar-refractivity contribution < 1.29 is 9.90 Å². The van der Waals surface area contributed by atoms with E-state index in [-0.39, 0.29) is 0 Å². The standard InChI is InChI=1S/C11H14ClNO2/c1-2-10(11(14)15)13-7-8-3-5-9(12)6-4-8/h3-6,10,13H,2,7H2,1H3,(H,14,15). The molecular weight excluding hydrogens is 214 g/mol. The van der Waals surface area contributed by atoms with Crippen molar-refractivity contribution in [1.82, 2.24) is 5.32 Å². The highest BCUT2D eigenvalue weighted by Crippen LogP contribution is 2.09. The fourth-order valence-corrected chi connectivity index (χ4v) is 1.38. The van der Waals surface area contributed by atoms with E-state index in [1.807, 2.05) is 19.1 Å². The van der Waals surface area contributed by atoms with Gasteiger partial charge in [-0.2, -0.15) is 0 Å². The van der Waals surface area contributed by atoms with Crippen LogP contribution in [0.1, 0.15) is 18.9 Å². The Morgan fingerprint density at radius 2 is 2.07 bits per heavy atom. The second-order valence-electron chi connectivity index (χ2n) is 3.31. The van der Waals surface area contributed by atoms with E-state index in [0.717, 1.165) is 5.56 Å². The lowest BCUT2D eigenvalue weighted by molar-refractivity contribution is -0.139. The van der Waals surface area contributed by atoms with Crippen LogP contribution in [0.25, 0.3) is 0 Å². The van der Waals surface area contributed by atoms with Crippen molar-refractivity contribution in [2.45, 2.75) is 25.9 Å². The van der Waals surface area contributed by atoms with Gasteiger partial charge in [-0.3, -0.25) is 4.79 Å². The van der Waals surface area contributed by atoms with Gasteiger partial charge in [-0.05, 0) is 24.1 Å². The number of benzene rings is 1. The fourth-order valence-electron chi connectivity index (χ4n) is 1.25. The third kappa shape index (κ3) is 3.90. The van der Waals surface area contributed by atoms with Crippen LogP contribution in [0.3, 0.4) is 0 Å². The Hall–Kier alpha value is -1.06. The topological polar surface area (TPSA) is 49.3 Å². The van der Waals surface area contributed by atoms with Crippen LogP contribution in [0, 0.1) is 0 Å². The molecule has 0 aliphatic heterocycles. The van der Waals surface area contributed by atoms with E-state index in [4.69, 9.17) is 16.7 Å². The Balaban J connectivity index is 2.49. The van der Waals surface area contributed by atoms with Crippen molar-refractivity contribution in [3.05, 3.63) is 34.9 Å². The molecule has 0 spiro atoms. The molecule has 82 valence electrons. The zero-order chi connectivity index (χ0) is 11.3. The molecule has 0 aliphatic rings. The summed E-state index contributed by atoms with van der Waals surface area (Å²) in [4.78, 5) is 10.7. The van der Waals surface area contributed by atoms with Gasteiger partial charge in [0.05, 0.1) is 0 Å². The fraction of sp³-hybridized carbons (Fsp3) is 0.364. The Bertz CT molecular complexity index is 324. The average Bonchev–Trinajstić information content (AvgIpc) is 2.21. The van der Waals surface area contributed by atoms with Gasteiger partial charge in [-0.15, -0.1) is 0 Å². The maximum absolute atomic E-state index is 10.7. The van der Waals surface area contributed by atoms with E-state index >= 15 is 0 Å². The Morgan fingerprint density at radius 1 is 1.47 bits per heavy atom. The summed E-state index contributed by atoms with van der Waals surface area (Å²) in [5.74, 6) is -0.813. The predicted octanol–water partition coefficient (Wildman–Crippen LogP) is 2.29. The molecule has 0 bridgehead atoms. The number of hydrogen-bond donors (Lipinski definition) is 2. The number of halogens is 1. The molecule has 0 aromatic heterocycles. The third-order valence-electron chi connectivity index (χ3n) is 2.17. The highest BCUT2D eigenvalue weighted by molar-refractivity contribution is 6.30. The number of nitrogens with one attached hydrogen (secondary N) is 1. The number of hydrogen-bond acceptors (Lipinski definition) is 2. The van der Waals surface area contributed by atoms with Crippen molar-refractivity contribution in [2.75, 3.05) is 0 Å². The molecule has 0 aliphatic carbocycles. The van der Waals surface area contributed by atoms with Crippen LogP contribution in [0.2, 0.25) is 5.02 Å². The number of aliphatic carboxylic acids is 1. The molecular formula is C11H14ClNO2. The lowest BCUT2D eigenvalue weighted by Crippen LogP contribution is -2.35. The number of carbonyl (C=O) groups is 1. The summed E-state index contributed by atoms with van der Waals surface area (Å²) in [6.45, 7) is 2.38. The molecule has 1 rings (SSSR count). The second-order valence-corrected chi connectivity index (χ2v) is 3.74. The zero-order valence-corrected chi connectivity index (χ0v) is 9.29. The van der Waals surface area contributed by atoms with Gasteiger partial charge >= 0.3 is 5.97 Å². The van der Waals surface area contributed by atoms with E-state index < -0.39 is 12.0 Å². The molecule has 1 aromatic carbocycles. The van der Waals surface area contributed by atoms with Gasteiger partial charge in [0.15, 0.2) is 0 Å². The summed E-state index contributed by atoms with van der Waals surface area (Å²) in [5.41, 5.74) is 1.03. The molecule has 0 saturated carbocycles. The monoisotopic (exact) mass is 227 g/mol. The number of carboxylic acids is 1. The average molecular weight is 228 g/mol. The first-order valence-electron chi connectivity index (χ1n) is 4.84. The molecule has 1 atom stereocenters. The normalized spacial score (nSPS) is 12.4. The lowest BCUT2D eigenvalue weighted by atomic mass is 10.2. The van der Waals surface area contributed by atoms with Gasteiger partial charge in [0.1, 0.15) is 6.04 Å². The van der Waals surface area contributed by atoms with Crippen LogP contribution >= 0.6 is 11.6 Å². The summed E-state index contributed by atoms with van der Waals surface area (Å²) in [6, 6.07) is 6.86. The summed E-state index contributed by atoms with van der Waals surface area (Å²) in [6.07, 6.45) is 0.572. The maximum Gasteiger partial charge on any atom is 0.320 e. The van der Waals surface area contributed by atoms with Crippen molar-refractivity contribution in [3.8, 4) is 0 Å². The summed E-state index contributed by atoms with van der Waals surface area (Å²) < 4.78 is 0. The summed E-state index contributed by atoms with van der Waals surface area (Å²) in [7, 11) is 0. The minimum atomic E-state index is -0.813. The predicted molar refractivity (Wildman–Crippen MR) is 60.0 cm³/mol. The van der Waals surface area contributed by atoms with E-state index in [0.29, 0.717) is 18.0 Å². The smallest absolute Gasteiger partial charge is 0.320 e. The van der Waals surface area contributed by atoms with Crippen LogP contribution in [0.15, 0.2) is 24.3 Å². The quantitative estimate of drug-likeness (QED) is 0.812. The highest BCUT2D eigenvalue weighted by atomic mass is 35.5. The first-order valence-corrected chi connectivity index (χ1v) is 5.22. The molecule has 15 heavy (non-hydrogen) atoms.